The lowest BCUT2D eigenvalue weighted by Gasteiger charge is -2.09. The zero-order valence-corrected chi connectivity index (χ0v) is 13.3. The first-order valence-electron chi connectivity index (χ1n) is 7.16. The topological polar surface area (TPSA) is 55.1 Å². The minimum atomic E-state index is -0.967. The van der Waals surface area contributed by atoms with E-state index in [2.05, 4.69) is 9.55 Å². The Morgan fingerprint density at radius 1 is 1.30 bits per heavy atom. The van der Waals surface area contributed by atoms with Gasteiger partial charge >= 0.3 is 5.97 Å². The number of halogens is 1. The lowest BCUT2D eigenvalue weighted by molar-refractivity contribution is -0.131. The summed E-state index contributed by atoms with van der Waals surface area (Å²) in [6.07, 6.45) is 2.70. The van der Waals surface area contributed by atoms with Crippen molar-refractivity contribution in [1.29, 1.82) is 0 Å². The van der Waals surface area contributed by atoms with E-state index in [0.29, 0.717) is 6.54 Å². The van der Waals surface area contributed by atoms with Crippen LogP contribution in [-0.4, -0.2) is 20.6 Å². The SMILES string of the molecule is Cc1nc2ccc(C=CC(=O)O)cc2n1Cc1ccccc1Cl. The lowest BCUT2D eigenvalue weighted by Crippen LogP contribution is -2.02. The fraction of sp³-hybridized carbons (Fsp3) is 0.111. The van der Waals surface area contributed by atoms with Gasteiger partial charge in [-0.25, -0.2) is 9.78 Å². The van der Waals surface area contributed by atoms with Crippen LogP contribution >= 0.6 is 11.6 Å². The van der Waals surface area contributed by atoms with E-state index >= 15 is 0 Å². The molecule has 1 N–H and O–H groups in total. The van der Waals surface area contributed by atoms with Crippen molar-refractivity contribution in [2.45, 2.75) is 13.5 Å². The minimum absolute atomic E-state index is 0.619. The number of fused-ring (bicyclic) bond motifs is 1. The third-order valence-corrected chi connectivity index (χ3v) is 4.04. The van der Waals surface area contributed by atoms with Gasteiger partial charge in [0.25, 0.3) is 0 Å². The van der Waals surface area contributed by atoms with Crippen LogP contribution < -0.4 is 0 Å². The van der Waals surface area contributed by atoms with E-state index in [9.17, 15) is 4.79 Å². The van der Waals surface area contributed by atoms with E-state index in [1.165, 1.54) is 0 Å². The van der Waals surface area contributed by atoms with Crippen LogP contribution in [0.25, 0.3) is 17.1 Å². The zero-order chi connectivity index (χ0) is 16.4. The molecule has 4 nitrogen and oxygen atoms in total. The van der Waals surface area contributed by atoms with E-state index in [4.69, 9.17) is 16.7 Å². The minimum Gasteiger partial charge on any atom is -0.478 e. The van der Waals surface area contributed by atoms with Crippen LogP contribution in [0.5, 0.6) is 0 Å². The third kappa shape index (κ3) is 3.27. The van der Waals surface area contributed by atoms with E-state index in [-0.39, 0.29) is 0 Å². The van der Waals surface area contributed by atoms with Gasteiger partial charge in [-0.15, -0.1) is 0 Å². The van der Waals surface area contributed by atoms with E-state index in [1.54, 1.807) is 6.08 Å². The molecule has 0 aliphatic carbocycles. The average Bonchev–Trinajstić information content (AvgIpc) is 2.83. The number of carboxylic acid groups (broad SMARTS) is 1. The van der Waals surface area contributed by atoms with Crippen molar-refractivity contribution < 1.29 is 9.90 Å². The molecule has 0 radical (unpaired) electrons. The van der Waals surface area contributed by atoms with Crippen LogP contribution in [0.1, 0.15) is 17.0 Å². The highest BCUT2D eigenvalue weighted by Gasteiger charge is 2.09. The molecule has 0 atom stereocenters. The van der Waals surface area contributed by atoms with Gasteiger partial charge in [0.15, 0.2) is 0 Å². The number of imidazole rings is 1. The van der Waals surface area contributed by atoms with Gasteiger partial charge in [0.2, 0.25) is 0 Å². The molecule has 3 rings (SSSR count). The Bertz CT molecular complexity index is 913. The smallest absolute Gasteiger partial charge is 0.328 e. The van der Waals surface area contributed by atoms with Crippen LogP contribution in [0.2, 0.25) is 5.02 Å². The standard InChI is InChI=1S/C18H15ClN2O2/c1-12-20-16-8-6-13(7-9-18(22)23)10-17(16)21(12)11-14-4-2-3-5-15(14)19/h2-10H,11H2,1H3,(H,22,23). The summed E-state index contributed by atoms with van der Waals surface area (Å²) in [7, 11) is 0. The number of aliphatic carboxylic acids is 1. The number of benzene rings is 2. The van der Waals surface area contributed by atoms with Crippen LogP contribution in [0.3, 0.4) is 0 Å². The van der Waals surface area contributed by atoms with Crippen molar-refractivity contribution in [1.82, 2.24) is 9.55 Å². The molecule has 2 aromatic carbocycles. The molecule has 0 unspecified atom stereocenters. The number of aromatic nitrogens is 2. The Hall–Kier alpha value is -2.59. The highest BCUT2D eigenvalue weighted by molar-refractivity contribution is 6.31. The highest BCUT2D eigenvalue weighted by Crippen LogP contribution is 2.22. The molecule has 1 heterocycles. The normalized spacial score (nSPS) is 11.4. The molecule has 0 fully saturated rings. The summed E-state index contributed by atoms with van der Waals surface area (Å²) in [4.78, 5) is 15.2. The summed E-state index contributed by atoms with van der Waals surface area (Å²) in [5.74, 6) is -0.0786. The number of carboxylic acids is 1. The predicted molar refractivity (Wildman–Crippen MR) is 91.7 cm³/mol. The highest BCUT2D eigenvalue weighted by atomic mass is 35.5. The van der Waals surface area contributed by atoms with Crippen molar-refractivity contribution >= 4 is 34.7 Å². The van der Waals surface area contributed by atoms with Gasteiger partial charge in [0, 0.05) is 11.1 Å². The Morgan fingerprint density at radius 2 is 2.09 bits per heavy atom. The van der Waals surface area contributed by atoms with Crippen LogP contribution in [-0.2, 0) is 11.3 Å². The fourth-order valence-electron chi connectivity index (χ4n) is 2.53. The molecule has 5 heteroatoms. The van der Waals surface area contributed by atoms with Crippen LogP contribution in [0.4, 0.5) is 0 Å². The number of hydrogen-bond donors (Lipinski definition) is 1. The third-order valence-electron chi connectivity index (χ3n) is 3.67. The van der Waals surface area contributed by atoms with Gasteiger partial charge in [-0.3, -0.25) is 0 Å². The zero-order valence-electron chi connectivity index (χ0n) is 12.5. The predicted octanol–water partition coefficient (Wildman–Crippen LogP) is 4.14. The molecule has 0 amide bonds. The van der Waals surface area contributed by atoms with Crippen LogP contribution in [0.15, 0.2) is 48.5 Å². The molecule has 0 saturated heterocycles. The summed E-state index contributed by atoms with van der Waals surface area (Å²) in [5.41, 5.74) is 3.67. The number of carbonyl (C=O) groups is 1. The lowest BCUT2D eigenvalue weighted by atomic mass is 10.1. The van der Waals surface area contributed by atoms with E-state index < -0.39 is 5.97 Å². The molecular weight excluding hydrogens is 312 g/mol. The van der Waals surface area contributed by atoms with E-state index in [1.807, 2.05) is 49.4 Å². The maximum Gasteiger partial charge on any atom is 0.328 e. The molecule has 0 saturated carbocycles. The van der Waals surface area contributed by atoms with Gasteiger partial charge in [0.1, 0.15) is 5.82 Å². The van der Waals surface area contributed by atoms with Gasteiger partial charge in [-0.2, -0.15) is 0 Å². The van der Waals surface area contributed by atoms with Crippen molar-refractivity contribution in [3.05, 3.63) is 70.5 Å². The van der Waals surface area contributed by atoms with Gasteiger partial charge in [-0.05, 0) is 42.3 Å². The number of nitrogens with zero attached hydrogens (tertiary/aromatic N) is 2. The molecule has 23 heavy (non-hydrogen) atoms. The monoisotopic (exact) mass is 326 g/mol. The maximum absolute atomic E-state index is 10.7. The molecule has 0 aliphatic heterocycles. The summed E-state index contributed by atoms with van der Waals surface area (Å²) < 4.78 is 2.08. The van der Waals surface area contributed by atoms with Crippen molar-refractivity contribution in [3.8, 4) is 0 Å². The first kappa shape index (κ1) is 15.3. The Kier molecular flexibility index (Phi) is 4.17. The van der Waals surface area contributed by atoms with Crippen molar-refractivity contribution in [3.63, 3.8) is 0 Å². The second-order valence-electron chi connectivity index (χ2n) is 5.26. The quantitative estimate of drug-likeness (QED) is 0.733. The first-order valence-corrected chi connectivity index (χ1v) is 7.53. The summed E-state index contributed by atoms with van der Waals surface area (Å²) in [6.45, 7) is 2.57. The summed E-state index contributed by atoms with van der Waals surface area (Å²) >= 11 is 6.25. The molecule has 116 valence electrons. The molecular formula is C18H15ClN2O2. The average molecular weight is 327 g/mol. The van der Waals surface area contributed by atoms with Gasteiger partial charge < -0.3 is 9.67 Å². The molecule has 0 spiro atoms. The molecule has 0 aliphatic rings. The first-order chi connectivity index (χ1) is 11.0. The van der Waals surface area contributed by atoms with Gasteiger partial charge in [-0.1, -0.05) is 35.9 Å². The van der Waals surface area contributed by atoms with E-state index in [0.717, 1.165) is 39.1 Å². The van der Waals surface area contributed by atoms with Crippen molar-refractivity contribution in [2.24, 2.45) is 0 Å². The second-order valence-corrected chi connectivity index (χ2v) is 5.66. The largest absolute Gasteiger partial charge is 0.478 e. The Morgan fingerprint density at radius 3 is 2.83 bits per heavy atom. The summed E-state index contributed by atoms with van der Waals surface area (Å²) in [6, 6.07) is 13.4. The number of rotatable bonds is 4. The van der Waals surface area contributed by atoms with Gasteiger partial charge in [0.05, 0.1) is 17.6 Å². The fourth-order valence-corrected chi connectivity index (χ4v) is 2.72. The Balaban J connectivity index is 2.05. The molecule has 1 aromatic heterocycles. The maximum atomic E-state index is 10.7. The number of hydrogen-bond acceptors (Lipinski definition) is 2. The molecule has 0 bridgehead atoms. The number of aryl methyl sites for hydroxylation is 1. The summed E-state index contributed by atoms with van der Waals surface area (Å²) in [5, 5.41) is 9.47. The molecule has 3 aromatic rings. The Labute approximate surface area is 138 Å². The second kappa shape index (κ2) is 6.26. The van der Waals surface area contributed by atoms with Crippen LogP contribution in [0, 0.1) is 6.92 Å². The van der Waals surface area contributed by atoms with Crippen molar-refractivity contribution in [2.75, 3.05) is 0 Å².